The van der Waals surface area contributed by atoms with Gasteiger partial charge >= 0.3 is 0 Å². The molecule has 1 aromatic carbocycles. The van der Waals surface area contributed by atoms with Crippen LogP contribution in [0.4, 0.5) is 5.69 Å². The molecule has 90 valence electrons. The molecule has 3 heteroatoms. The number of benzene rings is 1. The largest absolute Gasteiger partial charge is 0.378 e. The lowest BCUT2D eigenvalue weighted by Crippen LogP contribution is -2.23. The third kappa shape index (κ3) is 2.54. The summed E-state index contributed by atoms with van der Waals surface area (Å²) in [5.41, 5.74) is 2.15. The van der Waals surface area contributed by atoms with E-state index in [1.807, 2.05) is 43.3 Å². The van der Waals surface area contributed by atoms with Crippen LogP contribution in [0.15, 0.2) is 24.3 Å². The maximum absolute atomic E-state index is 11.8. The first kappa shape index (κ1) is 11.8. The Balaban J connectivity index is 2.17. The lowest BCUT2D eigenvalue weighted by molar-refractivity contribution is -0.130. The van der Waals surface area contributed by atoms with Crippen LogP contribution in [0.3, 0.4) is 0 Å². The minimum absolute atomic E-state index is 0.0684. The van der Waals surface area contributed by atoms with E-state index >= 15 is 0 Å². The molecule has 1 fully saturated rings. The van der Waals surface area contributed by atoms with E-state index in [0.717, 1.165) is 11.3 Å². The van der Waals surface area contributed by atoms with Crippen LogP contribution < -0.4 is 4.90 Å². The van der Waals surface area contributed by atoms with Gasteiger partial charge in [-0.15, -0.1) is 0 Å². The van der Waals surface area contributed by atoms with E-state index in [2.05, 4.69) is 0 Å². The summed E-state index contributed by atoms with van der Waals surface area (Å²) in [6, 6.07) is 8.01. The van der Waals surface area contributed by atoms with Crippen molar-refractivity contribution in [2.75, 3.05) is 19.0 Å². The molecular formula is C14H17NO2. The molecule has 0 aromatic heterocycles. The van der Waals surface area contributed by atoms with Crippen molar-refractivity contribution in [2.45, 2.75) is 25.2 Å². The van der Waals surface area contributed by atoms with Gasteiger partial charge in [0.15, 0.2) is 0 Å². The molecule has 0 N–H and O–H groups in total. The van der Waals surface area contributed by atoms with Crippen LogP contribution >= 0.6 is 0 Å². The van der Waals surface area contributed by atoms with Crippen molar-refractivity contribution in [2.24, 2.45) is 0 Å². The number of carbonyl (C=O) groups is 2. The molecule has 0 spiro atoms. The van der Waals surface area contributed by atoms with Gasteiger partial charge in [-0.25, -0.2) is 0 Å². The summed E-state index contributed by atoms with van der Waals surface area (Å²) in [6.45, 7) is 0. The third-order valence-corrected chi connectivity index (χ3v) is 3.28. The van der Waals surface area contributed by atoms with Crippen LogP contribution in [0.25, 0.3) is 0 Å². The predicted octanol–water partition coefficient (Wildman–Crippen LogP) is 2.16. The van der Waals surface area contributed by atoms with Crippen LogP contribution in [0.1, 0.15) is 30.7 Å². The zero-order chi connectivity index (χ0) is 12.4. The highest BCUT2D eigenvalue weighted by Gasteiger charge is 2.27. The second kappa shape index (κ2) is 4.70. The monoisotopic (exact) mass is 231 g/mol. The molecule has 1 atom stereocenters. The van der Waals surface area contributed by atoms with Crippen LogP contribution in [-0.2, 0) is 9.59 Å². The fourth-order valence-corrected chi connectivity index (χ4v) is 2.23. The molecule has 0 radical (unpaired) electrons. The number of rotatable bonds is 2. The first-order valence-electron chi connectivity index (χ1n) is 5.89. The lowest BCUT2D eigenvalue weighted by Gasteiger charge is -2.21. The summed E-state index contributed by atoms with van der Waals surface area (Å²) in [6.07, 6.45) is 1.31. The molecular weight excluding hydrogens is 214 g/mol. The predicted molar refractivity (Wildman–Crippen MR) is 67.4 cm³/mol. The smallest absolute Gasteiger partial charge is 0.147 e. The molecule has 1 aromatic rings. The average molecular weight is 231 g/mol. The van der Waals surface area contributed by atoms with Gasteiger partial charge in [-0.2, -0.15) is 0 Å². The zero-order valence-corrected chi connectivity index (χ0v) is 10.3. The topological polar surface area (TPSA) is 37.4 Å². The van der Waals surface area contributed by atoms with Gasteiger partial charge in [0.1, 0.15) is 11.6 Å². The fourth-order valence-electron chi connectivity index (χ4n) is 2.23. The second-order valence-electron chi connectivity index (χ2n) is 4.76. The lowest BCUT2D eigenvalue weighted by atomic mass is 9.82. The number of anilines is 1. The van der Waals surface area contributed by atoms with E-state index < -0.39 is 0 Å². The Bertz CT molecular complexity index is 434. The molecule has 1 aliphatic carbocycles. The summed E-state index contributed by atoms with van der Waals surface area (Å²) in [4.78, 5) is 25.0. The van der Waals surface area contributed by atoms with E-state index in [1.54, 1.807) is 0 Å². The highest BCUT2D eigenvalue weighted by atomic mass is 16.1. The molecule has 2 rings (SSSR count). The molecule has 1 aliphatic rings. The molecule has 0 aliphatic heterocycles. The summed E-state index contributed by atoms with van der Waals surface area (Å²) in [7, 11) is 3.97. The Morgan fingerprint density at radius 2 is 1.76 bits per heavy atom. The number of carbonyl (C=O) groups excluding carboxylic acids is 2. The van der Waals surface area contributed by atoms with Crippen LogP contribution in [-0.4, -0.2) is 25.7 Å². The molecule has 0 amide bonds. The standard InChI is InChI=1S/C14H17NO2/c1-15(2)11-5-3-10(4-6-11)13-8-7-12(16)9-14(13)17/h3-6,13H,7-9H2,1-2H3. The number of nitrogens with zero attached hydrogens (tertiary/aromatic N) is 1. The van der Waals surface area contributed by atoms with Gasteiger partial charge in [0, 0.05) is 32.1 Å². The zero-order valence-electron chi connectivity index (χ0n) is 10.3. The average Bonchev–Trinajstić information content (AvgIpc) is 2.29. The molecule has 0 heterocycles. The van der Waals surface area contributed by atoms with Crippen molar-refractivity contribution in [3.8, 4) is 0 Å². The minimum atomic E-state index is -0.0797. The quantitative estimate of drug-likeness (QED) is 0.732. The third-order valence-electron chi connectivity index (χ3n) is 3.28. The second-order valence-corrected chi connectivity index (χ2v) is 4.76. The molecule has 1 unspecified atom stereocenters. The van der Waals surface area contributed by atoms with Gasteiger partial charge in [0.05, 0.1) is 6.42 Å². The first-order valence-corrected chi connectivity index (χ1v) is 5.89. The van der Waals surface area contributed by atoms with Gasteiger partial charge in [0.25, 0.3) is 0 Å². The van der Waals surface area contributed by atoms with Gasteiger partial charge in [-0.05, 0) is 24.1 Å². The molecule has 0 saturated heterocycles. The van der Waals surface area contributed by atoms with E-state index in [1.165, 1.54) is 0 Å². The van der Waals surface area contributed by atoms with Crippen LogP contribution in [0.2, 0.25) is 0 Å². The normalized spacial score (nSPS) is 20.5. The number of Topliss-reactive ketones (excluding diaryl/α,β-unsaturated/α-hetero) is 2. The highest BCUT2D eigenvalue weighted by molar-refractivity contribution is 6.04. The Kier molecular flexibility index (Phi) is 3.27. The van der Waals surface area contributed by atoms with Crippen LogP contribution in [0.5, 0.6) is 0 Å². The van der Waals surface area contributed by atoms with Crippen molar-refractivity contribution in [1.82, 2.24) is 0 Å². The Hall–Kier alpha value is -1.64. The van der Waals surface area contributed by atoms with E-state index in [-0.39, 0.29) is 23.9 Å². The van der Waals surface area contributed by atoms with Crippen molar-refractivity contribution in [1.29, 1.82) is 0 Å². The maximum Gasteiger partial charge on any atom is 0.147 e. The Morgan fingerprint density at radius 1 is 1.12 bits per heavy atom. The van der Waals surface area contributed by atoms with Gasteiger partial charge in [-0.1, -0.05) is 12.1 Å². The van der Waals surface area contributed by atoms with Crippen molar-refractivity contribution < 1.29 is 9.59 Å². The molecule has 3 nitrogen and oxygen atoms in total. The van der Waals surface area contributed by atoms with Crippen molar-refractivity contribution in [3.63, 3.8) is 0 Å². The summed E-state index contributed by atoms with van der Waals surface area (Å²) >= 11 is 0. The molecule has 17 heavy (non-hydrogen) atoms. The molecule has 1 saturated carbocycles. The summed E-state index contributed by atoms with van der Waals surface area (Å²) in [5.74, 6) is 0.0685. The van der Waals surface area contributed by atoms with Gasteiger partial charge in [-0.3, -0.25) is 9.59 Å². The highest BCUT2D eigenvalue weighted by Crippen LogP contribution is 2.29. The Morgan fingerprint density at radius 3 is 2.29 bits per heavy atom. The van der Waals surface area contributed by atoms with E-state index in [4.69, 9.17) is 0 Å². The van der Waals surface area contributed by atoms with Crippen LogP contribution in [0, 0.1) is 0 Å². The molecule has 0 bridgehead atoms. The van der Waals surface area contributed by atoms with Gasteiger partial charge in [0.2, 0.25) is 0 Å². The van der Waals surface area contributed by atoms with Crippen molar-refractivity contribution >= 4 is 17.3 Å². The Labute approximate surface area is 101 Å². The maximum atomic E-state index is 11.8. The SMILES string of the molecule is CN(C)c1ccc(C2CCC(=O)CC2=O)cc1. The summed E-state index contributed by atoms with van der Waals surface area (Å²) in [5, 5.41) is 0. The first-order chi connectivity index (χ1) is 8.08. The van der Waals surface area contributed by atoms with E-state index in [9.17, 15) is 9.59 Å². The minimum Gasteiger partial charge on any atom is -0.378 e. The van der Waals surface area contributed by atoms with E-state index in [0.29, 0.717) is 12.8 Å². The number of ketones is 2. The van der Waals surface area contributed by atoms with Gasteiger partial charge < -0.3 is 4.90 Å². The fraction of sp³-hybridized carbons (Fsp3) is 0.429. The number of hydrogen-bond acceptors (Lipinski definition) is 3. The number of hydrogen-bond donors (Lipinski definition) is 0. The van der Waals surface area contributed by atoms with Crippen molar-refractivity contribution in [3.05, 3.63) is 29.8 Å². The summed E-state index contributed by atoms with van der Waals surface area (Å²) < 4.78 is 0.